The number of alkyl carbamates (subject to hydrolysis) is 1. The molecule has 2 atom stereocenters. The van der Waals surface area contributed by atoms with Gasteiger partial charge in [0.25, 0.3) is 0 Å². The molecule has 2 aromatic carbocycles. The van der Waals surface area contributed by atoms with Crippen LogP contribution in [0.5, 0.6) is 0 Å². The summed E-state index contributed by atoms with van der Waals surface area (Å²) in [5.41, 5.74) is 4.40. The van der Waals surface area contributed by atoms with Crippen LogP contribution < -0.4 is 10.6 Å². The van der Waals surface area contributed by atoms with Crippen LogP contribution in [-0.4, -0.2) is 41.8 Å². The van der Waals surface area contributed by atoms with E-state index in [4.69, 9.17) is 4.74 Å². The van der Waals surface area contributed by atoms with E-state index in [1.165, 1.54) is 0 Å². The van der Waals surface area contributed by atoms with E-state index < -0.39 is 30.4 Å². The fourth-order valence-corrected chi connectivity index (χ4v) is 4.84. The van der Waals surface area contributed by atoms with Gasteiger partial charge in [0.05, 0.1) is 6.42 Å². The predicted octanol–water partition coefficient (Wildman–Crippen LogP) is 4.06. The molecule has 0 heterocycles. The minimum absolute atomic E-state index is 0.00754. The van der Waals surface area contributed by atoms with Crippen molar-refractivity contribution in [3.05, 3.63) is 59.7 Å². The van der Waals surface area contributed by atoms with Crippen LogP contribution in [0.1, 0.15) is 56.1 Å². The molecule has 33 heavy (non-hydrogen) atoms. The molecule has 0 saturated heterocycles. The van der Waals surface area contributed by atoms with Gasteiger partial charge in [-0.25, -0.2) is 4.79 Å². The van der Waals surface area contributed by atoms with Crippen LogP contribution in [-0.2, 0) is 14.3 Å². The molecule has 3 N–H and O–H groups in total. The average Bonchev–Trinajstić information content (AvgIpc) is 3.09. The van der Waals surface area contributed by atoms with E-state index in [9.17, 15) is 19.5 Å². The van der Waals surface area contributed by atoms with Crippen molar-refractivity contribution < 1.29 is 24.2 Å². The summed E-state index contributed by atoms with van der Waals surface area (Å²) in [7, 11) is 0. The van der Waals surface area contributed by atoms with E-state index in [0.29, 0.717) is 5.92 Å². The van der Waals surface area contributed by atoms with Crippen molar-refractivity contribution in [1.29, 1.82) is 0 Å². The van der Waals surface area contributed by atoms with Crippen LogP contribution in [0.25, 0.3) is 11.1 Å². The molecule has 7 heteroatoms. The number of carbonyl (C=O) groups is 3. The molecule has 2 aliphatic rings. The zero-order valence-corrected chi connectivity index (χ0v) is 18.8. The Hall–Kier alpha value is -3.35. The van der Waals surface area contributed by atoms with Gasteiger partial charge in [-0.05, 0) is 47.4 Å². The minimum atomic E-state index is -1.19. The lowest BCUT2D eigenvalue weighted by Crippen LogP contribution is -2.52. The molecule has 7 nitrogen and oxygen atoms in total. The summed E-state index contributed by atoms with van der Waals surface area (Å²) in [6, 6.07) is 14.8. The maximum Gasteiger partial charge on any atom is 0.407 e. The number of ether oxygens (including phenoxy) is 1. The molecule has 1 saturated carbocycles. The molecular weight excluding hydrogens is 420 g/mol. The van der Waals surface area contributed by atoms with Crippen LogP contribution in [0.15, 0.2) is 48.5 Å². The second-order valence-corrected chi connectivity index (χ2v) is 8.83. The molecule has 0 bridgehead atoms. The average molecular weight is 451 g/mol. The summed E-state index contributed by atoms with van der Waals surface area (Å²) in [5.74, 6) is -1.34. The number of hydrogen-bond acceptors (Lipinski definition) is 4. The van der Waals surface area contributed by atoms with Gasteiger partial charge in [-0.3, -0.25) is 9.59 Å². The largest absolute Gasteiger partial charge is 0.481 e. The molecule has 174 valence electrons. The van der Waals surface area contributed by atoms with Crippen molar-refractivity contribution in [3.63, 3.8) is 0 Å². The van der Waals surface area contributed by atoms with E-state index in [1.54, 1.807) is 0 Å². The van der Waals surface area contributed by atoms with Crippen molar-refractivity contribution in [2.45, 2.75) is 57.0 Å². The van der Waals surface area contributed by atoms with Crippen molar-refractivity contribution >= 4 is 18.0 Å². The van der Waals surface area contributed by atoms with Crippen molar-refractivity contribution in [2.75, 3.05) is 6.61 Å². The summed E-state index contributed by atoms with van der Waals surface area (Å²) in [5, 5.41) is 14.7. The SMILES string of the molecule is CCC(NC(=O)C(CC(=O)O)NC(=O)OCC1c2ccccc2-c2ccccc21)C1CCC1. The zero-order chi connectivity index (χ0) is 23.4. The van der Waals surface area contributed by atoms with E-state index in [0.717, 1.165) is 47.9 Å². The molecular formula is C26H30N2O5. The maximum absolute atomic E-state index is 12.8. The molecule has 4 rings (SSSR count). The molecule has 2 aliphatic carbocycles. The van der Waals surface area contributed by atoms with Gasteiger partial charge < -0.3 is 20.5 Å². The van der Waals surface area contributed by atoms with E-state index >= 15 is 0 Å². The lowest BCUT2D eigenvalue weighted by atomic mass is 9.78. The first-order chi connectivity index (χ1) is 16.0. The Morgan fingerprint density at radius 1 is 1.00 bits per heavy atom. The third-order valence-corrected chi connectivity index (χ3v) is 6.82. The summed E-state index contributed by atoms with van der Waals surface area (Å²) in [4.78, 5) is 36.7. The van der Waals surface area contributed by atoms with Crippen molar-refractivity contribution in [1.82, 2.24) is 10.6 Å². The number of benzene rings is 2. The maximum atomic E-state index is 12.8. The number of nitrogens with one attached hydrogen (secondary N) is 2. The van der Waals surface area contributed by atoms with E-state index in [2.05, 4.69) is 10.6 Å². The van der Waals surface area contributed by atoms with Gasteiger partial charge >= 0.3 is 12.1 Å². The molecule has 2 unspecified atom stereocenters. The van der Waals surface area contributed by atoms with Gasteiger partial charge in [0, 0.05) is 12.0 Å². The Labute approximate surface area is 193 Å². The third-order valence-electron chi connectivity index (χ3n) is 6.82. The molecule has 0 radical (unpaired) electrons. The van der Waals surface area contributed by atoms with Crippen LogP contribution in [0.3, 0.4) is 0 Å². The minimum Gasteiger partial charge on any atom is -0.481 e. The summed E-state index contributed by atoms with van der Waals surface area (Å²) < 4.78 is 5.49. The Balaban J connectivity index is 1.40. The Morgan fingerprint density at radius 2 is 1.61 bits per heavy atom. The Kier molecular flexibility index (Phi) is 6.96. The standard InChI is InChI=1S/C26H30N2O5/c1-2-22(16-8-7-9-16)27-25(31)23(14-24(29)30)28-26(32)33-15-21-19-12-5-3-10-17(19)18-11-4-6-13-20(18)21/h3-6,10-13,16,21-23H,2,7-9,14-15H2,1H3,(H,27,31)(H,28,32)(H,29,30). The first-order valence-electron chi connectivity index (χ1n) is 11.6. The summed E-state index contributed by atoms with van der Waals surface area (Å²) in [6.45, 7) is 2.09. The highest BCUT2D eigenvalue weighted by atomic mass is 16.5. The van der Waals surface area contributed by atoms with E-state index in [-0.39, 0.29) is 18.6 Å². The first-order valence-corrected chi connectivity index (χ1v) is 11.6. The van der Waals surface area contributed by atoms with Gasteiger partial charge in [0.15, 0.2) is 0 Å². The number of carbonyl (C=O) groups excluding carboxylic acids is 2. The monoisotopic (exact) mass is 450 g/mol. The van der Waals surface area contributed by atoms with Gasteiger partial charge in [-0.2, -0.15) is 0 Å². The number of amides is 2. The quantitative estimate of drug-likeness (QED) is 0.534. The Bertz CT molecular complexity index is 987. The van der Waals surface area contributed by atoms with Crippen LogP contribution >= 0.6 is 0 Å². The Morgan fingerprint density at radius 3 is 2.12 bits per heavy atom. The molecule has 0 spiro atoms. The fraction of sp³-hybridized carbons (Fsp3) is 0.423. The molecule has 0 aliphatic heterocycles. The second-order valence-electron chi connectivity index (χ2n) is 8.83. The molecule has 1 fully saturated rings. The van der Waals surface area contributed by atoms with Crippen LogP contribution in [0, 0.1) is 5.92 Å². The topological polar surface area (TPSA) is 105 Å². The van der Waals surface area contributed by atoms with Gasteiger partial charge in [-0.15, -0.1) is 0 Å². The summed E-state index contributed by atoms with van der Waals surface area (Å²) in [6.07, 6.45) is 2.73. The van der Waals surface area contributed by atoms with Gasteiger partial charge in [0.1, 0.15) is 12.6 Å². The highest BCUT2D eigenvalue weighted by molar-refractivity contribution is 5.89. The first kappa shape index (κ1) is 22.8. The second kappa shape index (κ2) is 10.1. The zero-order valence-electron chi connectivity index (χ0n) is 18.8. The number of rotatable bonds is 9. The van der Waals surface area contributed by atoms with E-state index in [1.807, 2.05) is 55.5 Å². The van der Waals surface area contributed by atoms with Gasteiger partial charge in [0.2, 0.25) is 5.91 Å². The normalized spacial score (nSPS) is 16.6. The highest BCUT2D eigenvalue weighted by Crippen LogP contribution is 2.44. The fourth-order valence-electron chi connectivity index (χ4n) is 4.84. The highest BCUT2D eigenvalue weighted by Gasteiger charge is 2.32. The third kappa shape index (κ3) is 5.02. The van der Waals surface area contributed by atoms with Crippen molar-refractivity contribution in [2.24, 2.45) is 5.92 Å². The number of fused-ring (bicyclic) bond motifs is 3. The lowest BCUT2D eigenvalue weighted by molar-refractivity contribution is -0.140. The van der Waals surface area contributed by atoms with Crippen LogP contribution in [0.2, 0.25) is 0 Å². The number of hydrogen-bond donors (Lipinski definition) is 3. The van der Waals surface area contributed by atoms with Crippen LogP contribution in [0.4, 0.5) is 4.79 Å². The predicted molar refractivity (Wildman–Crippen MR) is 124 cm³/mol. The summed E-state index contributed by atoms with van der Waals surface area (Å²) >= 11 is 0. The van der Waals surface area contributed by atoms with Gasteiger partial charge in [-0.1, -0.05) is 61.9 Å². The molecule has 2 aromatic rings. The number of carboxylic acid groups (broad SMARTS) is 1. The molecule has 2 amide bonds. The molecule has 0 aromatic heterocycles. The smallest absolute Gasteiger partial charge is 0.407 e. The lowest BCUT2D eigenvalue weighted by Gasteiger charge is -2.34. The number of carboxylic acids is 1. The number of aliphatic carboxylic acids is 1. The van der Waals surface area contributed by atoms with Crippen molar-refractivity contribution in [3.8, 4) is 11.1 Å².